The summed E-state index contributed by atoms with van der Waals surface area (Å²) < 4.78 is 11.2. The van der Waals surface area contributed by atoms with Crippen molar-refractivity contribution in [3.05, 3.63) is 42.5 Å². The number of benzene rings is 2. The molecule has 0 aliphatic heterocycles. The first-order valence-electron chi connectivity index (χ1n) is 6.74. The summed E-state index contributed by atoms with van der Waals surface area (Å²) in [6, 6.07) is 14.5. The Kier molecular flexibility index (Phi) is 5.66. The van der Waals surface area contributed by atoms with E-state index in [9.17, 15) is 0 Å². The molecule has 0 amide bonds. The van der Waals surface area contributed by atoms with Crippen LogP contribution in [0.5, 0.6) is 5.75 Å². The van der Waals surface area contributed by atoms with Gasteiger partial charge in [0, 0.05) is 19.6 Å². The lowest BCUT2D eigenvalue weighted by Crippen LogP contribution is -2.15. The molecule has 3 heteroatoms. The van der Waals surface area contributed by atoms with Gasteiger partial charge in [0.25, 0.3) is 0 Å². The topological polar surface area (TPSA) is 30.5 Å². The van der Waals surface area contributed by atoms with E-state index in [-0.39, 0.29) is 0 Å². The fourth-order valence-corrected chi connectivity index (χ4v) is 1.88. The van der Waals surface area contributed by atoms with Gasteiger partial charge in [0.2, 0.25) is 0 Å². The highest BCUT2D eigenvalue weighted by atomic mass is 16.5. The average Bonchev–Trinajstić information content (AvgIpc) is 2.46. The van der Waals surface area contributed by atoms with Crippen molar-refractivity contribution in [3.63, 3.8) is 0 Å². The number of ether oxygens (including phenoxy) is 2. The second-order valence-electron chi connectivity index (χ2n) is 4.43. The van der Waals surface area contributed by atoms with Crippen LogP contribution in [-0.4, -0.2) is 33.4 Å². The van der Waals surface area contributed by atoms with Crippen molar-refractivity contribution in [1.29, 1.82) is 0 Å². The first-order valence-corrected chi connectivity index (χ1v) is 6.74. The number of rotatable bonds is 8. The first-order chi connectivity index (χ1) is 9.40. The molecule has 0 saturated carbocycles. The van der Waals surface area contributed by atoms with Gasteiger partial charge < -0.3 is 14.8 Å². The maximum atomic E-state index is 5.73. The molecule has 0 aromatic heterocycles. The molecule has 0 heterocycles. The minimum Gasteiger partial charge on any atom is -0.493 e. The second-order valence-corrected chi connectivity index (χ2v) is 4.43. The van der Waals surface area contributed by atoms with Crippen molar-refractivity contribution in [2.45, 2.75) is 6.42 Å². The lowest BCUT2D eigenvalue weighted by Gasteiger charge is -2.08. The standard InChI is InChI=1S/C16H21NO2/c1-17-9-12-18-10-4-11-19-16-8-7-14-5-2-3-6-15(14)13-16/h2-3,5-8,13,17H,4,9-12H2,1H3. The minimum atomic E-state index is 0.692. The molecule has 0 bridgehead atoms. The van der Waals surface area contributed by atoms with E-state index in [4.69, 9.17) is 9.47 Å². The minimum absolute atomic E-state index is 0.692. The summed E-state index contributed by atoms with van der Waals surface area (Å²) in [5.41, 5.74) is 0. The Labute approximate surface area is 114 Å². The normalized spacial score (nSPS) is 10.8. The van der Waals surface area contributed by atoms with Crippen molar-refractivity contribution in [1.82, 2.24) is 5.32 Å². The molecule has 0 spiro atoms. The molecule has 0 aliphatic rings. The maximum Gasteiger partial charge on any atom is 0.119 e. The number of likely N-dealkylation sites (N-methyl/N-ethyl adjacent to an activating group) is 1. The van der Waals surface area contributed by atoms with Gasteiger partial charge in [0.15, 0.2) is 0 Å². The fraction of sp³-hybridized carbons (Fsp3) is 0.375. The molecule has 0 saturated heterocycles. The van der Waals surface area contributed by atoms with Gasteiger partial charge in [-0.05, 0) is 30.0 Å². The summed E-state index contributed by atoms with van der Waals surface area (Å²) in [4.78, 5) is 0. The summed E-state index contributed by atoms with van der Waals surface area (Å²) in [6.45, 7) is 3.09. The molecule has 0 unspecified atom stereocenters. The van der Waals surface area contributed by atoms with Gasteiger partial charge >= 0.3 is 0 Å². The lowest BCUT2D eigenvalue weighted by atomic mass is 10.1. The predicted molar refractivity (Wildman–Crippen MR) is 78.8 cm³/mol. The molecule has 0 radical (unpaired) electrons. The molecule has 2 rings (SSSR count). The first kappa shape index (κ1) is 13.8. The van der Waals surface area contributed by atoms with Gasteiger partial charge in [-0.25, -0.2) is 0 Å². The van der Waals surface area contributed by atoms with Crippen LogP contribution in [0.3, 0.4) is 0 Å². The van der Waals surface area contributed by atoms with E-state index in [0.29, 0.717) is 6.61 Å². The molecule has 2 aromatic rings. The zero-order chi connectivity index (χ0) is 13.3. The van der Waals surface area contributed by atoms with Crippen LogP contribution in [0, 0.1) is 0 Å². The van der Waals surface area contributed by atoms with Gasteiger partial charge in [0.1, 0.15) is 5.75 Å². The van der Waals surface area contributed by atoms with Crippen LogP contribution in [-0.2, 0) is 4.74 Å². The van der Waals surface area contributed by atoms with Crippen LogP contribution in [0.25, 0.3) is 10.8 Å². The molecule has 102 valence electrons. The average molecular weight is 259 g/mol. The Bertz CT molecular complexity index is 499. The van der Waals surface area contributed by atoms with Crippen molar-refractivity contribution >= 4 is 10.8 Å². The largest absolute Gasteiger partial charge is 0.493 e. The predicted octanol–water partition coefficient (Wildman–Crippen LogP) is 2.84. The highest BCUT2D eigenvalue weighted by Gasteiger charge is 1.97. The number of hydrogen-bond donors (Lipinski definition) is 1. The SMILES string of the molecule is CNCCOCCCOc1ccc2ccccc2c1. The highest BCUT2D eigenvalue weighted by molar-refractivity contribution is 5.83. The Balaban J connectivity index is 1.72. The molecular formula is C16H21NO2. The summed E-state index contributed by atoms with van der Waals surface area (Å²) in [7, 11) is 1.92. The van der Waals surface area contributed by atoms with Crippen LogP contribution in [0.1, 0.15) is 6.42 Å². The van der Waals surface area contributed by atoms with E-state index in [2.05, 4.69) is 29.6 Å². The molecule has 1 N–H and O–H groups in total. The van der Waals surface area contributed by atoms with Gasteiger partial charge in [-0.1, -0.05) is 30.3 Å². The van der Waals surface area contributed by atoms with Gasteiger partial charge in [-0.2, -0.15) is 0 Å². The van der Waals surface area contributed by atoms with Crippen LogP contribution < -0.4 is 10.1 Å². The Morgan fingerprint density at radius 1 is 0.947 bits per heavy atom. The fourth-order valence-electron chi connectivity index (χ4n) is 1.88. The lowest BCUT2D eigenvalue weighted by molar-refractivity contribution is 0.122. The zero-order valence-electron chi connectivity index (χ0n) is 11.4. The number of fused-ring (bicyclic) bond motifs is 1. The number of nitrogens with one attached hydrogen (secondary N) is 1. The Morgan fingerprint density at radius 2 is 1.79 bits per heavy atom. The Morgan fingerprint density at radius 3 is 2.63 bits per heavy atom. The molecule has 0 aliphatic carbocycles. The third kappa shape index (κ3) is 4.54. The van der Waals surface area contributed by atoms with E-state index in [1.54, 1.807) is 0 Å². The van der Waals surface area contributed by atoms with Crippen LogP contribution in [0.2, 0.25) is 0 Å². The van der Waals surface area contributed by atoms with Gasteiger partial charge in [-0.3, -0.25) is 0 Å². The second kappa shape index (κ2) is 7.77. The monoisotopic (exact) mass is 259 g/mol. The molecule has 0 atom stereocenters. The van der Waals surface area contributed by atoms with Gasteiger partial charge in [-0.15, -0.1) is 0 Å². The Hall–Kier alpha value is -1.58. The number of hydrogen-bond acceptors (Lipinski definition) is 3. The molecular weight excluding hydrogens is 238 g/mol. The van der Waals surface area contributed by atoms with E-state index >= 15 is 0 Å². The smallest absolute Gasteiger partial charge is 0.119 e. The van der Waals surface area contributed by atoms with Crippen LogP contribution in [0.15, 0.2) is 42.5 Å². The van der Waals surface area contributed by atoms with Gasteiger partial charge in [0.05, 0.1) is 13.2 Å². The third-order valence-electron chi connectivity index (χ3n) is 2.92. The van der Waals surface area contributed by atoms with Crippen molar-refractivity contribution in [3.8, 4) is 5.75 Å². The van der Waals surface area contributed by atoms with Crippen molar-refractivity contribution in [2.24, 2.45) is 0 Å². The van der Waals surface area contributed by atoms with E-state index in [0.717, 1.165) is 31.9 Å². The summed E-state index contributed by atoms with van der Waals surface area (Å²) >= 11 is 0. The van der Waals surface area contributed by atoms with E-state index in [1.807, 2.05) is 25.2 Å². The molecule has 0 fully saturated rings. The van der Waals surface area contributed by atoms with Crippen molar-refractivity contribution in [2.75, 3.05) is 33.4 Å². The maximum absolute atomic E-state index is 5.73. The van der Waals surface area contributed by atoms with E-state index in [1.165, 1.54) is 10.8 Å². The summed E-state index contributed by atoms with van der Waals surface area (Å²) in [5, 5.41) is 5.50. The third-order valence-corrected chi connectivity index (χ3v) is 2.92. The molecule has 19 heavy (non-hydrogen) atoms. The van der Waals surface area contributed by atoms with Crippen molar-refractivity contribution < 1.29 is 9.47 Å². The van der Waals surface area contributed by atoms with Crippen LogP contribution in [0.4, 0.5) is 0 Å². The summed E-state index contributed by atoms with van der Waals surface area (Å²) in [6.07, 6.45) is 0.913. The quantitative estimate of drug-likeness (QED) is 0.739. The molecule has 3 nitrogen and oxygen atoms in total. The molecule has 2 aromatic carbocycles. The van der Waals surface area contributed by atoms with Crippen LogP contribution >= 0.6 is 0 Å². The summed E-state index contributed by atoms with van der Waals surface area (Å²) in [5.74, 6) is 0.925. The zero-order valence-corrected chi connectivity index (χ0v) is 11.4. The highest BCUT2D eigenvalue weighted by Crippen LogP contribution is 2.20. The van der Waals surface area contributed by atoms with E-state index < -0.39 is 0 Å².